The van der Waals surface area contributed by atoms with Gasteiger partial charge >= 0.3 is 6.18 Å². The lowest BCUT2D eigenvalue weighted by atomic mass is 10.2. The fourth-order valence-electron chi connectivity index (χ4n) is 2.34. The first-order valence-corrected chi connectivity index (χ1v) is 7.37. The van der Waals surface area contributed by atoms with Crippen LogP contribution in [0.1, 0.15) is 43.8 Å². The van der Waals surface area contributed by atoms with Gasteiger partial charge in [0.15, 0.2) is 0 Å². The summed E-state index contributed by atoms with van der Waals surface area (Å²) in [5, 5.41) is 3.29. The molecule has 0 aliphatic heterocycles. The highest BCUT2D eigenvalue weighted by molar-refractivity contribution is 5.21. The molecule has 21 heavy (non-hydrogen) atoms. The van der Waals surface area contributed by atoms with Gasteiger partial charge in [-0.1, -0.05) is 13.8 Å². The van der Waals surface area contributed by atoms with Gasteiger partial charge in [-0.2, -0.15) is 13.2 Å². The molecule has 1 N–H and O–H groups in total. The molecule has 120 valence electrons. The summed E-state index contributed by atoms with van der Waals surface area (Å²) in [4.78, 5) is 1.47. The summed E-state index contributed by atoms with van der Waals surface area (Å²) in [5.74, 6) is 1.39. The van der Waals surface area contributed by atoms with Crippen LogP contribution in [0, 0.1) is 6.92 Å². The Morgan fingerprint density at radius 1 is 1.38 bits per heavy atom. The van der Waals surface area contributed by atoms with Crippen molar-refractivity contribution in [3.05, 3.63) is 23.2 Å². The summed E-state index contributed by atoms with van der Waals surface area (Å²) in [6.45, 7) is 5.99. The summed E-state index contributed by atoms with van der Waals surface area (Å²) in [7, 11) is 0. The molecule has 1 aromatic heterocycles. The highest BCUT2D eigenvalue weighted by atomic mass is 19.4. The normalized spacial score (nSPS) is 16.2. The molecule has 0 radical (unpaired) electrons. The van der Waals surface area contributed by atoms with Gasteiger partial charge in [0.1, 0.15) is 11.5 Å². The second-order valence-corrected chi connectivity index (χ2v) is 6.08. The summed E-state index contributed by atoms with van der Waals surface area (Å²) < 4.78 is 43.4. The Hall–Kier alpha value is -1.01. The van der Waals surface area contributed by atoms with Crippen LogP contribution in [-0.2, 0) is 13.1 Å². The van der Waals surface area contributed by atoms with Crippen molar-refractivity contribution in [2.75, 3.05) is 6.54 Å². The van der Waals surface area contributed by atoms with E-state index in [0.717, 1.165) is 24.2 Å². The molecule has 2 rings (SSSR count). The van der Waals surface area contributed by atoms with E-state index >= 15 is 0 Å². The number of nitrogens with one attached hydrogen (secondary N) is 1. The Morgan fingerprint density at radius 3 is 2.57 bits per heavy atom. The second kappa shape index (κ2) is 6.40. The molecular formula is C15H23F3N2O. The van der Waals surface area contributed by atoms with Crippen LogP contribution in [0.15, 0.2) is 10.5 Å². The number of hydrogen-bond donors (Lipinski definition) is 1. The van der Waals surface area contributed by atoms with E-state index in [1.54, 1.807) is 0 Å². The number of furan rings is 1. The Labute approximate surface area is 123 Å². The van der Waals surface area contributed by atoms with Crippen molar-refractivity contribution >= 4 is 0 Å². The van der Waals surface area contributed by atoms with Gasteiger partial charge < -0.3 is 9.73 Å². The first-order chi connectivity index (χ1) is 9.74. The van der Waals surface area contributed by atoms with E-state index in [2.05, 4.69) is 19.2 Å². The quantitative estimate of drug-likeness (QED) is 0.834. The van der Waals surface area contributed by atoms with Crippen molar-refractivity contribution in [2.24, 2.45) is 0 Å². The van der Waals surface area contributed by atoms with E-state index in [0.29, 0.717) is 18.3 Å². The molecule has 0 spiro atoms. The molecule has 6 heteroatoms. The minimum atomic E-state index is -4.16. The minimum absolute atomic E-state index is 0.0503. The summed E-state index contributed by atoms with van der Waals surface area (Å²) in [5.41, 5.74) is 1.02. The molecule has 0 amide bonds. The largest absolute Gasteiger partial charge is 0.465 e. The lowest BCUT2D eigenvalue weighted by Crippen LogP contribution is -2.35. The molecule has 1 aromatic rings. The molecule has 3 nitrogen and oxygen atoms in total. The molecule has 0 saturated heterocycles. The van der Waals surface area contributed by atoms with Gasteiger partial charge in [-0.05, 0) is 25.8 Å². The summed E-state index contributed by atoms with van der Waals surface area (Å²) in [6.07, 6.45) is -2.47. The van der Waals surface area contributed by atoms with Crippen LogP contribution in [0.3, 0.4) is 0 Å². The van der Waals surface area contributed by atoms with Crippen molar-refractivity contribution < 1.29 is 17.6 Å². The number of hydrogen-bond acceptors (Lipinski definition) is 3. The average molecular weight is 304 g/mol. The zero-order valence-electron chi connectivity index (χ0n) is 12.8. The number of rotatable bonds is 7. The molecular weight excluding hydrogens is 281 g/mol. The van der Waals surface area contributed by atoms with Gasteiger partial charge in [-0.25, -0.2) is 0 Å². The van der Waals surface area contributed by atoms with Crippen LogP contribution in [0.2, 0.25) is 0 Å². The molecule has 0 bridgehead atoms. The number of nitrogens with zero attached hydrogens (tertiary/aromatic N) is 1. The van der Waals surface area contributed by atoms with E-state index in [1.165, 1.54) is 4.90 Å². The molecule has 1 saturated carbocycles. The van der Waals surface area contributed by atoms with Crippen LogP contribution in [-0.4, -0.2) is 29.7 Å². The van der Waals surface area contributed by atoms with Crippen molar-refractivity contribution in [3.8, 4) is 0 Å². The monoisotopic (exact) mass is 304 g/mol. The maximum Gasteiger partial charge on any atom is 0.401 e. The zero-order valence-corrected chi connectivity index (χ0v) is 12.8. The topological polar surface area (TPSA) is 28.4 Å². The van der Waals surface area contributed by atoms with Gasteiger partial charge in [-0.15, -0.1) is 0 Å². The third-order valence-electron chi connectivity index (χ3n) is 3.58. The summed E-state index contributed by atoms with van der Waals surface area (Å²) in [6, 6.07) is 2.28. The number of alkyl halides is 3. The molecule has 1 aliphatic carbocycles. The minimum Gasteiger partial charge on any atom is -0.465 e. The highest BCUT2D eigenvalue weighted by Gasteiger charge is 2.38. The van der Waals surface area contributed by atoms with Crippen LogP contribution in [0.4, 0.5) is 13.2 Å². The van der Waals surface area contributed by atoms with E-state index in [-0.39, 0.29) is 12.6 Å². The number of aryl methyl sites for hydroxylation is 1. The highest BCUT2D eigenvalue weighted by Crippen LogP contribution is 2.32. The lowest BCUT2D eigenvalue weighted by molar-refractivity contribution is -0.148. The smallest absolute Gasteiger partial charge is 0.401 e. The third kappa shape index (κ3) is 5.36. The van der Waals surface area contributed by atoms with Crippen molar-refractivity contribution in [1.29, 1.82) is 0 Å². The molecule has 1 aliphatic rings. The Bertz CT molecular complexity index is 464. The van der Waals surface area contributed by atoms with E-state index in [1.807, 2.05) is 13.0 Å². The Kier molecular flexibility index (Phi) is 4.99. The van der Waals surface area contributed by atoms with Gasteiger partial charge in [0.05, 0.1) is 13.1 Å². The van der Waals surface area contributed by atoms with E-state index in [9.17, 15) is 13.2 Å². The van der Waals surface area contributed by atoms with Crippen LogP contribution in [0.5, 0.6) is 0 Å². The van der Waals surface area contributed by atoms with Crippen molar-refractivity contribution in [2.45, 2.75) is 65.0 Å². The van der Waals surface area contributed by atoms with E-state index in [4.69, 9.17) is 4.42 Å². The molecule has 0 unspecified atom stereocenters. The Balaban J connectivity index is 1.98. The van der Waals surface area contributed by atoms with Crippen LogP contribution < -0.4 is 5.32 Å². The Morgan fingerprint density at radius 2 is 2.05 bits per heavy atom. The molecule has 0 aromatic carbocycles. The zero-order chi connectivity index (χ0) is 15.6. The summed E-state index contributed by atoms with van der Waals surface area (Å²) >= 11 is 0. The predicted molar refractivity (Wildman–Crippen MR) is 74.9 cm³/mol. The van der Waals surface area contributed by atoms with Crippen LogP contribution in [0.25, 0.3) is 0 Å². The van der Waals surface area contributed by atoms with Gasteiger partial charge in [0.25, 0.3) is 0 Å². The lowest BCUT2D eigenvalue weighted by Gasteiger charge is -2.22. The third-order valence-corrected chi connectivity index (χ3v) is 3.58. The first kappa shape index (κ1) is 16.4. The van der Waals surface area contributed by atoms with Gasteiger partial charge in [0, 0.05) is 24.2 Å². The molecule has 1 heterocycles. The predicted octanol–water partition coefficient (Wildman–Crippen LogP) is 3.61. The van der Waals surface area contributed by atoms with E-state index < -0.39 is 12.7 Å². The van der Waals surface area contributed by atoms with Gasteiger partial charge in [-0.3, -0.25) is 4.90 Å². The SMILES string of the molecule is Cc1oc(CN(CC(F)(F)F)C2CC2)cc1CNC(C)C. The van der Waals surface area contributed by atoms with Gasteiger partial charge in [0.2, 0.25) is 0 Å². The standard InChI is InChI=1S/C15H23F3N2O/c1-10(2)19-7-12-6-14(21-11(12)3)8-20(13-4-5-13)9-15(16,17)18/h6,10,13,19H,4-5,7-9H2,1-3H3. The first-order valence-electron chi connectivity index (χ1n) is 7.37. The van der Waals surface area contributed by atoms with Crippen LogP contribution >= 0.6 is 0 Å². The fourth-order valence-corrected chi connectivity index (χ4v) is 2.34. The average Bonchev–Trinajstić information content (AvgIpc) is 3.10. The fraction of sp³-hybridized carbons (Fsp3) is 0.733. The molecule has 0 atom stereocenters. The van der Waals surface area contributed by atoms with Crippen molar-refractivity contribution in [3.63, 3.8) is 0 Å². The maximum atomic E-state index is 12.6. The van der Waals surface area contributed by atoms with Crippen molar-refractivity contribution in [1.82, 2.24) is 10.2 Å². The number of halogens is 3. The maximum absolute atomic E-state index is 12.6. The molecule has 1 fully saturated rings. The second-order valence-electron chi connectivity index (χ2n) is 6.08.